The molecule has 1 heterocycles. The van der Waals surface area contributed by atoms with Gasteiger partial charge in [-0.15, -0.1) is 0 Å². The van der Waals surface area contributed by atoms with Crippen molar-refractivity contribution in [3.63, 3.8) is 0 Å². The molecule has 1 amide bonds. The van der Waals surface area contributed by atoms with E-state index in [2.05, 4.69) is 20.3 Å². The smallest absolute Gasteiger partial charge is 0.407 e. The minimum atomic E-state index is -0.920. The van der Waals surface area contributed by atoms with Crippen LogP contribution in [0.25, 0.3) is 10.9 Å². The van der Waals surface area contributed by atoms with Gasteiger partial charge in [-0.2, -0.15) is 5.10 Å². The van der Waals surface area contributed by atoms with Crippen LogP contribution in [-0.2, 0) is 10.3 Å². The van der Waals surface area contributed by atoms with E-state index in [1.54, 1.807) is 12.3 Å². The Morgan fingerprint density at radius 2 is 2.23 bits per heavy atom. The predicted octanol–water partition coefficient (Wildman–Crippen LogP) is 2.17. The van der Waals surface area contributed by atoms with Crippen LogP contribution in [0.1, 0.15) is 18.4 Å². The molecule has 4 rings (SSSR count). The summed E-state index contributed by atoms with van der Waals surface area (Å²) >= 11 is 6.15. The van der Waals surface area contributed by atoms with Crippen LogP contribution in [0.2, 0.25) is 5.02 Å². The topological polar surface area (TPSA) is 87.2 Å². The number of aromatic nitrogens is 2. The van der Waals surface area contributed by atoms with Crippen molar-refractivity contribution in [2.45, 2.75) is 24.5 Å². The van der Waals surface area contributed by atoms with Crippen molar-refractivity contribution >= 4 is 28.6 Å². The van der Waals surface area contributed by atoms with Gasteiger partial charge >= 0.3 is 6.09 Å². The van der Waals surface area contributed by atoms with E-state index in [1.807, 2.05) is 6.07 Å². The van der Waals surface area contributed by atoms with Gasteiger partial charge in [0, 0.05) is 16.5 Å². The first-order valence-corrected chi connectivity index (χ1v) is 7.59. The second kappa shape index (κ2) is 4.60. The summed E-state index contributed by atoms with van der Waals surface area (Å²) in [4.78, 5) is 11.3. The molecule has 0 unspecified atom stereocenters. The van der Waals surface area contributed by atoms with Gasteiger partial charge in [0.1, 0.15) is 0 Å². The summed E-state index contributed by atoms with van der Waals surface area (Å²) in [6.07, 6.45) is 2.51. The molecule has 4 atom stereocenters. The Labute approximate surface area is 131 Å². The summed E-state index contributed by atoms with van der Waals surface area (Å²) in [5.41, 5.74) is 0.713. The summed E-state index contributed by atoms with van der Waals surface area (Å²) in [5.74, 6) is 0.565. The Hall–Kier alpha value is -1.79. The van der Waals surface area contributed by atoms with Crippen LogP contribution in [0, 0.1) is 11.8 Å². The molecule has 6 nitrogen and oxygen atoms in total. The van der Waals surface area contributed by atoms with Crippen molar-refractivity contribution in [3.05, 3.63) is 28.9 Å². The second-order valence-electron chi connectivity index (χ2n) is 6.21. The molecular formula is C15H16ClN3O3. The van der Waals surface area contributed by atoms with Crippen LogP contribution >= 0.6 is 11.6 Å². The van der Waals surface area contributed by atoms with E-state index in [-0.39, 0.29) is 17.9 Å². The van der Waals surface area contributed by atoms with Crippen molar-refractivity contribution in [2.75, 3.05) is 7.11 Å². The number of nitrogens with one attached hydrogen (secondary N) is 2. The Morgan fingerprint density at radius 1 is 1.50 bits per heavy atom. The lowest BCUT2D eigenvalue weighted by Gasteiger charge is -2.27. The molecule has 22 heavy (non-hydrogen) atoms. The highest BCUT2D eigenvalue weighted by Gasteiger charge is 2.62. The third-order valence-corrected chi connectivity index (χ3v) is 5.19. The number of nitrogens with zero attached hydrogens (tertiary/aromatic N) is 1. The van der Waals surface area contributed by atoms with Crippen LogP contribution in [-0.4, -0.2) is 34.5 Å². The van der Waals surface area contributed by atoms with Crippen molar-refractivity contribution in [1.29, 1.82) is 0 Å². The number of rotatable bonds is 2. The molecular weight excluding hydrogens is 306 g/mol. The number of fused-ring (bicyclic) bond motifs is 2. The third-order valence-electron chi connectivity index (χ3n) is 4.97. The number of amides is 1. The Kier molecular flexibility index (Phi) is 2.90. The van der Waals surface area contributed by atoms with E-state index in [9.17, 15) is 9.90 Å². The average Bonchev–Trinajstić information content (AvgIpc) is 2.86. The van der Waals surface area contributed by atoms with Gasteiger partial charge in [-0.05, 0) is 42.4 Å². The number of aliphatic hydroxyl groups is 1. The molecule has 0 aliphatic heterocycles. The lowest BCUT2D eigenvalue weighted by Crippen LogP contribution is -2.33. The maximum absolute atomic E-state index is 11.3. The monoisotopic (exact) mass is 321 g/mol. The van der Waals surface area contributed by atoms with E-state index >= 15 is 0 Å². The van der Waals surface area contributed by atoms with Gasteiger partial charge in [-0.3, -0.25) is 5.10 Å². The highest BCUT2D eigenvalue weighted by molar-refractivity contribution is 6.31. The molecule has 2 aliphatic rings. The molecule has 2 aliphatic carbocycles. The zero-order valence-corrected chi connectivity index (χ0v) is 12.7. The zero-order valence-electron chi connectivity index (χ0n) is 12.0. The molecule has 2 aromatic rings. The molecule has 116 valence electrons. The molecule has 0 spiro atoms. The van der Waals surface area contributed by atoms with E-state index in [0.29, 0.717) is 17.9 Å². The van der Waals surface area contributed by atoms with E-state index in [4.69, 9.17) is 11.6 Å². The van der Waals surface area contributed by atoms with Crippen LogP contribution in [0.3, 0.4) is 0 Å². The summed E-state index contributed by atoms with van der Waals surface area (Å²) in [7, 11) is 1.35. The molecule has 0 radical (unpaired) electrons. The van der Waals surface area contributed by atoms with Gasteiger partial charge in [-0.25, -0.2) is 4.79 Å². The number of ether oxygens (including phenoxy) is 1. The SMILES string of the molecule is COC(=O)N[C@H]1[C@@H]2C[C@@](O)(c3cc(Cl)cc4[nH]ncc34)C[C@@H]21. The van der Waals surface area contributed by atoms with Crippen LogP contribution < -0.4 is 5.32 Å². The Balaban J connectivity index is 1.60. The quantitative estimate of drug-likeness (QED) is 0.791. The molecule has 0 bridgehead atoms. The van der Waals surface area contributed by atoms with Crippen molar-refractivity contribution in [2.24, 2.45) is 11.8 Å². The summed E-state index contributed by atoms with van der Waals surface area (Å²) in [6.45, 7) is 0. The maximum Gasteiger partial charge on any atom is 0.407 e. The highest BCUT2D eigenvalue weighted by atomic mass is 35.5. The number of hydrogen-bond acceptors (Lipinski definition) is 4. The molecule has 1 aromatic carbocycles. The first kappa shape index (κ1) is 13.8. The summed E-state index contributed by atoms with van der Waals surface area (Å²) < 4.78 is 4.62. The average molecular weight is 322 g/mol. The number of halogens is 1. The summed E-state index contributed by atoms with van der Waals surface area (Å²) in [5, 5.41) is 22.3. The molecule has 0 saturated heterocycles. The second-order valence-corrected chi connectivity index (χ2v) is 6.65. The van der Waals surface area contributed by atoms with Crippen molar-refractivity contribution < 1.29 is 14.6 Å². The number of aromatic amines is 1. The fourth-order valence-electron chi connectivity index (χ4n) is 3.89. The molecule has 2 fully saturated rings. The number of carbonyl (C=O) groups is 1. The predicted molar refractivity (Wildman–Crippen MR) is 80.5 cm³/mol. The first-order chi connectivity index (χ1) is 10.5. The molecule has 7 heteroatoms. The standard InChI is InChI=1S/C15H16ClN3O3/c1-22-14(20)18-13-8-4-15(21,5-9(8)13)11-2-7(16)3-12-10(11)6-17-19-12/h2-3,6,8-9,13,21H,4-5H2,1H3,(H,17,19)(H,18,20)/t8-,9+,13+,15+. The molecule has 2 saturated carbocycles. The van der Waals surface area contributed by atoms with Gasteiger partial charge < -0.3 is 15.2 Å². The van der Waals surface area contributed by atoms with E-state index in [0.717, 1.165) is 16.5 Å². The Morgan fingerprint density at radius 3 is 2.91 bits per heavy atom. The normalized spacial score (nSPS) is 32.8. The number of H-pyrrole nitrogens is 1. The van der Waals surface area contributed by atoms with Gasteiger partial charge in [0.05, 0.1) is 24.4 Å². The minimum absolute atomic E-state index is 0.103. The van der Waals surface area contributed by atoms with Crippen LogP contribution in [0.5, 0.6) is 0 Å². The maximum atomic E-state index is 11.3. The lowest BCUT2D eigenvalue weighted by molar-refractivity contribution is 0.0294. The highest BCUT2D eigenvalue weighted by Crippen LogP contribution is 2.60. The van der Waals surface area contributed by atoms with Crippen molar-refractivity contribution in [3.8, 4) is 0 Å². The Bertz CT molecular complexity index is 748. The van der Waals surface area contributed by atoms with Crippen LogP contribution in [0.15, 0.2) is 18.3 Å². The van der Waals surface area contributed by atoms with Gasteiger partial charge in [-0.1, -0.05) is 11.6 Å². The number of benzene rings is 1. The van der Waals surface area contributed by atoms with Gasteiger partial charge in [0.2, 0.25) is 0 Å². The molecule has 1 aromatic heterocycles. The third kappa shape index (κ3) is 1.98. The van der Waals surface area contributed by atoms with E-state index in [1.165, 1.54) is 7.11 Å². The van der Waals surface area contributed by atoms with E-state index < -0.39 is 11.7 Å². The van der Waals surface area contributed by atoms with Gasteiger partial charge in [0.15, 0.2) is 0 Å². The number of carbonyl (C=O) groups excluding carboxylic acids is 1. The fraction of sp³-hybridized carbons (Fsp3) is 0.467. The number of methoxy groups -OCH3 is 1. The summed E-state index contributed by atoms with van der Waals surface area (Å²) in [6, 6.07) is 3.72. The van der Waals surface area contributed by atoms with Gasteiger partial charge in [0.25, 0.3) is 0 Å². The zero-order chi connectivity index (χ0) is 15.5. The fourth-order valence-corrected chi connectivity index (χ4v) is 4.11. The van der Waals surface area contributed by atoms with Crippen molar-refractivity contribution in [1.82, 2.24) is 15.5 Å². The number of hydrogen-bond donors (Lipinski definition) is 3. The lowest BCUT2D eigenvalue weighted by atomic mass is 9.86. The minimum Gasteiger partial charge on any atom is -0.453 e. The molecule has 3 N–H and O–H groups in total. The largest absolute Gasteiger partial charge is 0.453 e. The number of alkyl carbamates (subject to hydrolysis) is 1. The first-order valence-electron chi connectivity index (χ1n) is 7.22. The van der Waals surface area contributed by atoms with Crippen LogP contribution in [0.4, 0.5) is 4.79 Å².